The van der Waals surface area contributed by atoms with E-state index < -0.39 is 5.60 Å². The standard InChI is InChI=1S/C21H25NO4/c1-20(2)13-10-17(20)21(3)18(11-13)22-14(19(23)26-21)8-12-6-7-15(24-4)16(9-12)25-5/h6-9,13,17H,10-11H2,1-5H3/b14-8-/t13-,17-,21-/m0/s1. The van der Waals surface area contributed by atoms with Crippen LogP contribution in [0.3, 0.4) is 0 Å². The first-order valence-corrected chi connectivity index (χ1v) is 9.04. The topological polar surface area (TPSA) is 57.1 Å². The number of methoxy groups -OCH3 is 2. The first-order valence-electron chi connectivity index (χ1n) is 9.04. The summed E-state index contributed by atoms with van der Waals surface area (Å²) in [5.41, 5.74) is 1.82. The molecule has 3 fully saturated rings. The molecule has 0 saturated heterocycles. The Labute approximate surface area is 154 Å². The molecular weight excluding hydrogens is 330 g/mol. The molecule has 3 atom stereocenters. The molecule has 0 amide bonds. The lowest BCUT2D eigenvalue weighted by molar-refractivity contribution is -0.181. The molecule has 0 aromatic heterocycles. The highest BCUT2D eigenvalue weighted by Gasteiger charge is 2.65. The Morgan fingerprint density at radius 1 is 1.19 bits per heavy atom. The van der Waals surface area contributed by atoms with E-state index in [9.17, 15) is 4.79 Å². The molecular formula is C21H25NO4. The number of hydrogen-bond acceptors (Lipinski definition) is 5. The summed E-state index contributed by atoms with van der Waals surface area (Å²) in [4.78, 5) is 17.4. The Hall–Kier alpha value is -2.30. The number of benzene rings is 1. The van der Waals surface area contributed by atoms with Gasteiger partial charge in [0.1, 0.15) is 5.70 Å². The molecule has 0 unspecified atom stereocenters. The summed E-state index contributed by atoms with van der Waals surface area (Å²) in [7, 11) is 3.18. The van der Waals surface area contributed by atoms with Crippen LogP contribution in [0.2, 0.25) is 0 Å². The Balaban J connectivity index is 1.70. The summed E-state index contributed by atoms with van der Waals surface area (Å²) in [5.74, 6) is 1.88. The van der Waals surface area contributed by atoms with E-state index >= 15 is 0 Å². The monoisotopic (exact) mass is 355 g/mol. The number of nitrogens with zero attached hydrogens (tertiary/aromatic N) is 1. The van der Waals surface area contributed by atoms with Gasteiger partial charge >= 0.3 is 5.97 Å². The summed E-state index contributed by atoms with van der Waals surface area (Å²) in [5, 5.41) is 0. The lowest BCUT2D eigenvalue weighted by Gasteiger charge is -2.64. The molecule has 2 bridgehead atoms. The summed E-state index contributed by atoms with van der Waals surface area (Å²) >= 11 is 0. The van der Waals surface area contributed by atoms with E-state index in [0.717, 1.165) is 24.1 Å². The quantitative estimate of drug-likeness (QED) is 0.610. The number of rotatable bonds is 3. The van der Waals surface area contributed by atoms with Gasteiger partial charge in [-0.3, -0.25) is 0 Å². The van der Waals surface area contributed by atoms with Crippen molar-refractivity contribution >= 4 is 17.8 Å². The fourth-order valence-corrected chi connectivity index (χ4v) is 4.85. The van der Waals surface area contributed by atoms with Crippen LogP contribution in [0.25, 0.3) is 6.08 Å². The summed E-state index contributed by atoms with van der Waals surface area (Å²) in [6.45, 7) is 6.58. The predicted molar refractivity (Wildman–Crippen MR) is 99.5 cm³/mol. The molecule has 26 heavy (non-hydrogen) atoms. The van der Waals surface area contributed by atoms with E-state index in [1.54, 1.807) is 20.3 Å². The molecule has 1 aromatic rings. The van der Waals surface area contributed by atoms with Crippen molar-refractivity contribution in [1.82, 2.24) is 0 Å². The van der Waals surface area contributed by atoms with Gasteiger partial charge < -0.3 is 14.2 Å². The molecule has 0 N–H and O–H groups in total. The molecule has 0 spiro atoms. The summed E-state index contributed by atoms with van der Waals surface area (Å²) in [6.07, 6.45) is 3.77. The molecule has 4 aliphatic rings. The number of hydrogen-bond donors (Lipinski definition) is 0. The molecule has 138 valence electrons. The van der Waals surface area contributed by atoms with E-state index in [4.69, 9.17) is 19.2 Å². The number of ether oxygens (including phenoxy) is 3. The van der Waals surface area contributed by atoms with Crippen LogP contribution < -0.4 is 9.47 Å². The van der Waals surface area contributed by atoms with Gasteiger partial charge in [-0.05, 0) is 54.9 Å². The van der Waals surface area contributed by atoms with Crippen molar-refractivity contribution in [2.75, 3.05) is 14.2 Å². The van der Waals surface area contributed by atoms with Crippen molar-refractivity contribution in [1.29, 1.82) is 0 Å². The third-order valence-corrected chi connectivity index (χ3v) is 6.63. The maximum absolute atomic E-state index is 12.7. The maximum Gasteiger partial charge on any atom is 0.357 e. The van der Waals surface area contributed by atoms with Crippen LogP contribution in [0.4, 0.5) is 0 Å². The molecule has 5 nitrogen and oxygen atoms in total. The zero-order valence-corrected chi connectivity index (χ0v) is 16.0. The zero-order valence-electron chi connectivity index (χ0n) is 16.0. The van der Waals surface area contributed by atoms with Crippen LogP contribution in [0, 0.1) is 17.3 Å². The number of aliphatic imine (C=N–C) groups is 1. The Kier molecular flexibility index (Phi) is 3.69. The largest absolute Gasteiger partial charge is 0.493 e. The highest BCUT2D eigenvalue weighted by Crippen LogP contribution is 2.63. The number of carbonyl (C=O) groups is 1. The lowest BCUT2D eigenvalue weighted by Crippen LogP contribution is -2.67. The second-order valence-corrected chi connectivity index (χ2v) is 8.21. The van der Waals surface area contributed by atoms with Crippen LogP contribution in [0.5, 0.6) is 11.5 Å². The van der Waals surface area contributed by atoms with Crippen molar-refractivity contribution in [3.63, 3.8) is 0 Å². The fourth-order valence-electron chi connectivity index (χ4n) is 4.85. The molecule has 1 heterocycles. The van der Waals surface area contributed by atoms with Gasteiger partial charge in [-0.25, -0.2) is 9.79 Å². The van der Waals surface area contributed by atoms with E-state index in [0.29, 0.717) is 29.0 Å². The Morgan fingerprint density at radius 3 is 2.58 bits per heavy atom. The van der Waals surface area contributed by atoms with Crippen molar-refractivity contribution in [3.05, 3.63) is 29.5 Å². The van der Waals surface area contributed by atoms with E-state index in [1.807, 2.05) is 25.1 Å². The second kappa shape index (κ2) is 5.60. The third kappa shape index (κ3) is 2.29. The number of carbonyl (C=O) groups excluding carboxylic acids is 1. The van der Waals surface area contributed by atoms with Gasteiger partial charge in [-0.1, -0.05) is 19.9 Å². The SMILES string of the molecule is COc1ccc(/C=C2\N=C3C[C@@H]4C[C@@H](C4(C)C)[C@]3(C)OC2=O)cc1OC. The second-order valence-electron chi connectivity index (χ2n) is 8.21. The van der Waals surface area contributed by atoms with Crippen molar-refractivity contribution in [3.8, 4) is 11.5 Å². The van der Waals surface area contributed by atoms with Crippen LogP contribution in [0.1, 0.15) is 39.2 Å². The first-order chi connectivity index (χ1) is 12.3. The minimum atomic E-state index is -0.565. The highest BCUT2D eigenvalue weighted by atomic mass is 16.6. The van der Waals surface area contributed by atoms with Crippen LogP contribution in [-0.2, 0) is 9.53 Å². The molecule has 0 radical (unpaired) electrons. The average Bonchev–Trinajstić information content (AvgIpc) is 2.61. The van der Waals surface area contributed by atoms with Crippen molar-refractivity contribution < 1.29 is 19.0 Å². The fraction of sp³-hybridized carbons (Fsp3) is 0.524. The van der Waals surface area contributed by atoms with E-state index in [-0.39, 0.29) is 11.4 Å². The molecule has 3 aliphatic carbocycles. The van der Waals surface area contributed by atoms with E-state index in [1.165, 1.54) is 0 Å². The third-order valence-electron chi connectivity index (χ3n) is 6.63. The molecule has 1 aromatic carbocycles. The molecule has 5 heteroatoms. The average molecular weight is 355 g/mol. The van der Waals surface area contributed by atoms with Crippen molar-refractivity contribution in [2.45, 2.75) is 39.2 Å². The zero-order chi connectivity index (χ0) is 18.7. The summed E-state index contributed by atoms with van der Waals surface area (Å²) < 4.78 is 16.5. The number of esters is 1. The van der Waals surface area contributed by atoms with Gasteiger partial charge in [0.15, 0.2) is 17.1 Å². The summed E-state index contributed by atoms with van der Waals surface area (Å²) in [6, 6.07) is 5.51. The first kappa shape index (κ1) is 17.1. The Bertz CT molecular complexity index is 838. The van der Waals surface area contributed by atoms with Gasteiger partial charge in [-0.15, -0.1) is 0 Å². The lowest BCUT2D eigenvalue weighted by atomic mass is 9.43. The molecule has 3 saturated carbocycles. The minimum absolute atomic E-state index is 0.207. The van der Waals surface area contributed by atoms with Crippen LogP contribution >= 0.6 is 0 Å². The molecule has 5 rings (SSSR count). The maximum atomic E-state index is 12.7. The van der Waals surface area contributed by atoms with Crippen LogP contribution in [0.15, 0.2) is 28.9 Å². The minimum Gasteiger partial charge on any atom is -0.493 e. The van der Waals surface area contributed by atoms with Gasteiger partial charge in [0.05, 0.1) is 19.9 Å². The van der Waals surface area contributed by atoms with Gasteiger partial charge in [0.2, 0.25) is 0 Å². The normalized spacial score (nSPS) is 32.9. The van der Waals surface area contributed by atoms with Gasteiger partial charge in [-0.2, -0.15) is 0 Å². The van der Waals surface area contributed by atoms with Gasteiger partial charge in [0.25, 0.3) is 0 Å². The van der Waals surface area contributed by atoms with Crippen molar-refractivity contribution in [2.24, 2.45) is 22.2 Å². The van der Waals surface area contributed by atoms with Gasteiger partial charge in [0, 0.05) is 5.92 Å². The predicted octanol–water partition coefficient (Wildman–Crippen LogP) is 3.87. The smallest absolute Gasteiger partial charge is 0.357 e. The Morgan fingerprint density at radius 2 is 1.92 bits per heavy atom. The molecule has 1 aliphatic heterocycles. The van der Waals surface area contributed by atoms with E-state index in [2.05, 4.69) is 13.8 Å². The van der Waals surface area contributed by atoms with Crippen LogP contribution in [-0.4, -0.2) is 31.5 Å². The highest BCUT2D eigenvalue weighted by molar-refractivity contribution is 6.06.